The van der Waals surface area contributed by atoms with Gasteiger partial charge in [0.2, 0.25) is 0 Å². The molecule has 1 N–H and O–H groups in total. The summed E-state index contributed by atoms with van der Waals surface area (Å²) in [5, 5.41) is 14.4. The maximum Gasteiger partial charge on any atom is 0.135 e. The third kappa shape index (κ3) is 4.58. The van der Waals surface area contributed by atoms with Gasteiger partial charge >= 0.3 is 0 Å². The molecule has 59 heavy (non-hydrogen) atoms. The summed E-state index contributed by atoms with van der Waals surface area (Å²) in [6.07, 6.45) is -0.824. The Labute approximate surface area is 344 Å². The van der Waals surface area contributed by atoms with Crippen molar-refractivity contribution in [1.82, 2.24) is 4.57 Å². The van der Waals surface area contributed by atoms with Gasteiger partial charge in [-0.15, -0.1) is 0 Å². The van der Waals surface area contributed by atoms with E-state index in [2.05, 4.69) is 183 Å². The molecule has 0 saturated carbocycles. The van der Waals surface area contributed by atoms with Crippen LogP contribution < -0.4 is 9.64 Å². The summed E-state index contributed by atoms with van der Waals surface area (Å²) in [6, 6.07) is 60.5. The van der Waals surface area contributed by atoms with Crippen molar-refractivity contribution in [3.63, 3.8) is 0 Å². The number of ether oxygens (including phenoxy) is 1. The van der Waals surface area contributed by atoms with Crippen molar-refractivity contribution in [2.24, 2.45) is 0 Å². The third-order valence-electron chi connectivity index (χ3n) is 13.4. The molecule has 3 heterocycles. The average Bonchev–Trinajstić information content (AvgIpc) is 3.73. The van der Waals surface area contributed by atoms with Crippen molar-refractivity contribution in [2.75, 3.05) is 4.90 Å². The molecule has 4 nitrogen and oxygen atoms in total. The second-order valence-corrected chi connectivity index (χ2v) is 17.4. The molecule has 1 aromatic heterocycles. The molecule has 9 aromatic rings. The van der Waals surface area contributed by atoms with E-state index < -0.39 is 6.10 Å². The Kier molecular flexibility index (Phi) is 7.00. The lowest BCUT2D eigenvalue weighted by Gasteiger charge is -2.45. The second-order valence-electron chi connectivity index (χ2n) is 17.4. The molecule has 8 aromatic carbocycles. The minimum Gasteiger partial charge on any atom is -0.456 e. The quantitative estimate of drug-likeness (QED) is 0.195. The molecule has 1 aliphatic carbocycles. The molecular weight excluding hydrogens is 721 g/mol. The van der Waals surface area contributed by atoms with E-state index >= 15 is 0 Å². The minimum absolute atomic E-state index is 0.289. The fourth-order valence-electron chi connectivity index (χ4n) is 10.8. The van der Waals surface area contributed by atoms with Gasteiger partial charge in [-0.25, -0.2) is 0 Å². The molecule has 284 valence electrons. The number of aliphatic hydroxyl groups is 1. The SMILES string of the molecule is CC1(C)c2ccccc2N(c2ccccc2)c2c1c1c(c3c2c2ccccc2n3-c2ccc3c(c2)Oc2ccc(-c4ccccc4)cc2C3O)-c2ccccc2C1(C)C. The van der Waals surface area contributed by atoms with Crippen molar-refractivity contribution in [3.8, 4) is 39.4 Å². The first kappa shape index (κ1) is 34.2. The van der Waals surface area contributed by atoms with Gasteiger partial charge in [0.15, 0.2) is 0 Å². The van der Waals surface area contributed by atoms with E-state index in [0.29, 0.717) is 11.5 Å². The summed E-state index contributed by atoms with van der Waals surface area (Å²) in [6.45, 7) is 9.66. The van der Waals surface area contributed by atoms with Crippen LogP contribution in [0, 0.1) is 0 Å². The minimum atomic E-state index is -0.824. The van der Waals surface area contributed by atoms with Crippen molar-refractivity contribution in [1.29, 1.82) is 0 Å². The normalized spacial score (nSPS) is 16.4. The lowest BCUT2D eigenvalue weighted by atomic mass is 9.66. The van der Waals surface area contributed by atoms with Crippen molar-refractivity contribution < 1.29 is 9.84 Å². The summed E-state index contributed by atoms with van der Waals surface area (Å²) in [5.74, 6) is 1.34. The fourth-order valence-corrected chi connectivity index (χ4v) is 10.8. The fraction of sp³-hybridized carbons (Fsp3) is 0.127. The van der Waals surface area contributed by atoms with E-state index in [1.54, 1.807) is 0 Å². The van der Waals surface area contributed by atoms with E-state index in [1.807, 2.05) is 24.3 Å². The van der Waals surface area contributed by atoms with Crippen LogP contribution in [0.4, 0.5) is 17.1 Å². The number of nitrogens with zero attached hydrogens (tertiary/aromatic N) is 2. The molecule has 0 fully saturated rings. The Morgan fingerprint density at radius 2 is 1.22 bits per heavy atom. The molecule has 4 heteroatoms. The van der Waals surface area contributed by atoms with Crippen molar-refractivity contribution in [2.45, 2.75) is 44.6 Å². The van der Waals surface area contributed by atoms with Crippen LogP contribution in [-0.2, 0) is 10.8 Å². The standard InChI is InChI=1S/C55H42N2O2/c1-54(2)41-23-13-11-21-37(41)47-49(54)50-52(56(35-19-9-6-10-20-35)44-26-16-14-24-42(44)55(50,3)4)48-38-22-12-15-25-43(38)57(51(47)48)36-28-29-39-46(32-36)59-45-30-27-34(31-40(45)53(39)58)33-17-7-5-8-18-33/h5-32,53,58H,1-4H3. The van der Waals surface area contributed by atoms with E-state index in [4.69, 9.17) is 4.74 Å². The molecular formula is C55H42N2O2. The Balaban J connectivity index is 1.18. The highest BCUT2D eigenvalue weighted by atomic mass is 16.5. The van der Waals surface area contributed by atoms with E-state index in [0.717, 1.165) is 39.1 Å². The summed E-state index contributed by atoms with van der Waals surface area (Å²) < 4.78 is 9.19. The average molecular weight is 763 g/mol. The number of aromatic nitrogens is 1. The van der Waals surface area contributed by atoms with Crippen LogP contribution in [-0.4, -0.2) is 9.67 Å². The number of benzene rings is 8. The van der Waals surface area contributed by atoms with Crippen LogP contribution in [0.1, 0.15) is 67.2 Å². The molecule has 0 radical (unpaired) electrons. The highest BCUT2D eigenvalue weighted by Crippen LogP contribution is 2.64. The zero-order valence-corrected chi connectivity index (χ0v) is 33.5. The van der Waals surface area contributed by atoms with Crippen molar-refractivity contribution >= 4 is 38.9 Å². The molecule has 1 unspecified atom stereocenters. The summed E-state index contributed by atoms with van der Waals surface area (Å²) in [7, 11) is 0. The van der Waals surface area contributed by atoms with Crippen LogP contribution >= 0.6 is 0 Å². The number of aliphatic hydroxyl groups excluding tert-OH is 1. The topological polar surface area (TPSA) is 37.6 Å². The highest BCUT2D eigenvalue weighted by molar-refractivity contribution is 6.23. The van der Waals surface area contributed by atoms with Gasteiger partial charge in [0.25, 0.3) is 0 Å². The number of hydrogen-bond acceptors (Lipinski definition) is 3. The Morgan fingerprint density at radius 3 is 2.03 bits per heavy atom. The number of rotatable bonds is 3. The first-order valence-corrected chi connectivity index (χ1v) is 20.6. The predicted molar refractivity (Wildman–Crippen MR) is 241 cm³/mol. The van der Waals surface area contributed by atoms with Crippen LogP contribution in [0.2, 0.25) is 0 Å². The molecule has 0 amide bonds. The smallest absolute Gasteiger partial charge is 0.135 e. The van der Waals surface area contributed by atoms with E-state index in [-0.39, 0.29) is 10.8 Å². The number of para-hydroxylation sites is 3. The van der Waals surface area contributed by atoms with Gasteiger partial charge in [0.1, 0.15) is 17.6 Å². The Bertz CT molecular complexity index is 3210. The molecule has 12 rings (SSSR count). The number of fused-ring (bicyclic) bond motifs is 13. The van der Waals surface area contributed by atoms with Gasteiger partial charge in [-0.05, 0) is 81.4 Å². The molecule has 3 aliphatic rings. The van der Waals surface area contributed by atoms with Gasteiger partial charge in [0, 0.05) is 55.7 Å². The summed E-state index contributed by atoms with van der Waals surface area (Å²) in [5.41, 5.74) is 17.9. The van der Waals surface area contributed by atoms with E-state index in [9.17, 15) is 5.11 Å². The lowest BCUT2D eigenvalue weighted by Crippen LogP contribution is -2.34. The van der Waals surface area contributed by atoms with Crippen LogP contribution in [0.25, 0.3) is 49.7 Å². The maximum atomic E-state index is 12.0. The predicted octanol–water partition coefficient (Wildman–Crippen LogP) is 14.1. The molecule has 0 saturated heterocycles. The first-order valence-electron chi connectivity index (χ1n) is 20.6. The van der Waals surface area contributed by atoms with E-state index in [1.165, 1.54) is 61.0 Å². The number of hydrogen-bond donors (Lipinski definition) is 1. The zero-order valence-electron chi connectivity index (χ0n) is 33.5. The Morgan fingerprint density at radius 1 is 0.542 bits per heavy atom. The molecule has 2 aliphatic heterocycles. The summed E-state index contributed by atoms with van der Waals surface area (Å²) >= 11 is 0. The third-order valence-corrected chi connectivity index (χ3v) is 13.4. The zero-order chi connectivity index (χ0) is 39.8. The van der Waals surface area contributed by atoms with Crippen LogP contribution in [0.15, 0.2) is 170 Å². The van der Waals surface area contributed by atoms with Gasteiger partial charge in [-0.2, -0.15) is 0 Å². The molecule has 0 bridgehead atoms. The Hall–Kier alpha value is -6.88. The maximum absolute atomic E-state index is 12.0. The molecule has 1 atom stereocenters. The van der Waals surface area contributed by atoms with Gasteiger partial charge in [0.05, 0.1) is 22.4 Å². The van der Waals surface area contributed by atoms with Crippen LogP contribution in [0.3, 0.4) is 0 Å². The monoisotopic (exact) mass is 762 g/mol. The number of anilines is 3. The largest absolute Gasteiger partial charge is 0.456 e. The van der Waals surface area contributed by atoms with Gasteiger partial charge in [-0.1, -0.05) is 149 Å². The highest BCUT2D eigenvalue weighted by Gasteiger charge is 2.48. The lowest BCUT2D eigenvalue weighted by molar-refractivity contribution is 0.203. The summed E-state index contributed by atoms with van der Waals surface area (Å²) in [4.78, 5) is 2.53. The van der Waals surface area contributed by atoms with Gasteiger partial charge < -0.3 is 19.3 Å². The molecule has 0 spiro atoms. The second kappa shape index (κ2) is 12.1. The van der Waals surface area contributed by atoms with Crippen LogP contribution in [0.5, 0.6) is 11.5 Å². The first-order chi connectivity index (χ1) is 28.7. The van der Waals surface area contributed by atoms with Crippen molar-refractivity contribution in [3.05, 3.63) is 203 Å². The van der Waals surface area contributed by atoms with Gasteiger partial charge in [-0.3, -0.25) is 0 Å².